The molecule has 0 saturated carbocycles. The molecule has 17 atom stereocenters. The lowest BCUT2D eigenvalue weighted by molar-refractivity contribution is -0.302. The van der Waals surface area contributed by atoms with Gasteiger partial charge in [0.15, 0.2) is 18.9 Å². The lowest BCUT2D eigenvalue weighted by atomic mass is 9.99. The molecule has 0 aromatic rings. The average molecular weight is 1580 g/mol. The zero-order valence-electron chi connectivity index (χ0n) is 63.6. The molecule has 0 aromatic carbocycles. The molecule has 109 heavy (non-hydrogen) atoms. The van der Waals surface area contributed by atoms with E-state index in [0.717, 1.165) is 44.9 Å². The van der Waals surface area contributed by atoms with Crippen LogP contribution in [0.4, 0.5) is 0 Å². The molecule has 4 heterocycles. The minimum Gasteiger partial charge on any atom is -0.394 e. The van der Waals surface area contributed by atoms with E-state index in [0.29, 0.717) is 32.4 Å². The number of nitrogens with zero attached hydrogens (tertiary/aromatic N) is 1. The number of rotatable bonds is 62. The van der Waals surface area contributed by atoms with E-state index in [1.54, 1.807) is 4.90 Å². The standard InChI is InChI=1S/C70H129N5O34/c1-69(2,3)106-43-47-38-48(79)39-75(47)56(84)13-11-9-7-5-4-6-8-10-12-55(83)74-70(44-100-20-14-52(80)71-17-23-94-26-29-97-32-35-103-66-63(91)60(88)57(85)49(40-76)107-66,45-101-21-15-53(81)72-18-24-95-27-30-98-33-36-104-67-64(92)61(89)58(86)50(41-77)108-67)46-102-22-16-54(82)73-19-25-96-28-31-99-34-37-105-68-65(93)62(90)59(87)51(42-78)109-68/h47-51,57-68,76-79,85-93H,4-46H2,1-3H3,(H,71,80)(H,72,81)(H,73,82)(H,74,83)/t47?,48-,49?,50?,51?,57-,58-,59-,60?,61?,62?,63?,64?,65?,66+,67+,68+,70?/m1/s1. The van der Waals surface area contributed by atoms with Crippen molar-refractivity contribution in [2.45, 2.75) is 226 Å². The Kier molecular flexibility index (Phi) is 50.5. The summed E-state index contributed by atoms with van der Waals surface area (Å²) in [5, 5.41) is 140. The minimum absolute atomic E-state index is 0.0208. The Morgan fingerprint density at radius 2 is 0.697 bits per heavy atom. The van der Waals surface area contributed by atoms with E-state index < -0.39 is 124 Å². The van der Waals surface area contributed by atoms with Gasteiger partial charge in [0, 0.05) is 58.3 Å². The van der Waals surface area contributed by atoms with Gasteiger partial charge in [0.25, 0.3) is 0 Å². The number of carbonyl (C=O) groups is 5. The summed E-state index contributed by atoms with van der Waals surface area (Å²) in [5.41, 5.74) is -1.76. The molecule has 17 N–H and O–H groups in total. The van der Waals surface area contributed by atoms with Gasteiger partial charge in [0.05, 0.1) is 183 Å². The molecule has 638 valence electrons. The molecule has 39 nitrogen and oxygen atoms in total. The summed E-state index contributed by atoms with van der Waals surface area (Å²) >= 11 is 0. The van der Waals surface area contributed by atoms with E-state index in [2.05, 4.69) is 21.3 Å². The van der Waals surface area contributed by atoms with Crippen LogP contribution in [0.15, 0.2) is 0 Å². The highest BCUT2D eigenvalue weighted by atomic mass is 16.7. The number of carbonyl (C=O) groups excluding carboxylic acids is 5. The lowest BCUT2D eigenvalue weighted by Crippen LogP contribution is -2.59. The second-order valence-electron chi connectivity index (χ2n) is 28.0. The fourth-order valence-electron chi connectivity index (χ4n) is 11.7. The summed E-state index contributed by atoms with van der Waals surface area (Å²) in [7, 11) is 0. The maximum Gasteiger partial charge on any atom is 0.222 e. The molecule has 0 aliphatic carbocycles. The van der Waals surface area contributed by atoms with E-state index in [1.165, 1.54) is 0 Å². The highest BCUT2D eigenvalue weighted by Crippen LogP contribution is 2.26. The maximum atomic E-state index is 14.0. The van der Waals surface area contributed by atoms with Crippen molar-refractivity contribution >= 4 is 29.5 Å². The molecule has 4 fully saturated rings. The molecule has 0 spiro atoms. The highest BCUT2D eigenvalue weighted by Gasteiger charge is 2.47. The van der Waals surface area contributed by atoms with Crippen LogP contribution < -0.4 is 21.3 Å². The molecule has 10 unspecified atom stereocenters. The molecule has 39 heteroatoms. The monoisotopic (exact) mass is 1580 g/mol. The number of β-amino-alcohol motifs (C(OH)–C–C–N with tert-alkyl or cyclic N) is 1. The predicted molar refractivity (Wildman–Crippen MR) is 378 cm³/mol. The number of aliphatic hydroxyl groups excluding tert-OH is 13. The Morgan fingerprint density at radius 3 is 1.04 bits per heavy atom. The summed E-state index contributed by atoms with van der Waals surface area (Å²) < 4.78 is 89.4. The zero-order valence-corrected chi connectivity index (χ0v) is 63.6. The number of ether oxygens (including phenoxy) is 16. The Balaban J connectivity index is 1.26. The largest absolute Gasteiger partial charge is 0.394 e. The third kappa shape index (κ3) is 39.9. The smallest absolute Gasteiger partial charge is 0.222 e. The second kappa shape index (κ2) is 56.5. The Hall–Kier alpha value is -3.81. The van der Waals surface area contributed by atoms with E-state index in [9.17, 15) is 90.4 Å². The SMILES string of the molecule is CC(C)(C)OCC1C[C@@H](O)CN1C(=O)CCCCCCCCCCC(=O)NC(COCCC(=O)NCCOCCOCCO[C@H]1OC(CO)[C@@H](O)C(O)C1O)(COCCC(=O)NCCOCCOCCO[C@H]1OC(CO)[C@@H](O)C(O)C1O)COCCC(=O)NCCOCCOCCO[C@H]1OC(CO)[C@@H](O)C(O)C1O. The molecule has 4 rings (SSSR count). The summed E-state index contributed by atoms with van der Waals surface area (Å²) in [6.07, 6.45) is -14.4. The van der Waals surface area contributed by atoms with Gasteiger partial charge in [-0.2, -0.15) is 0 Å². The normalized spacial score (nSPS) is 27.2. The van der Waals surface area contributed by atoms with Crippen molar-refractivity contribution in [1.82, 2.24) is 26.2 Å². The van der Waals surface area contributed by atoms with Crippen LogP contribution in [-0.2, 0) is 99.8 Å². The van der Waals surface area contributed by atoms with E-state index in [-0.39, 0.29) is 225 Å². The molecule has 0 radical (unpaired) electrons. The van der Waals surface area contributed by atoms with Gasteiger partial charge in [-0.3, -0.25) is 24.0 Å². The van der Waals surface area contributed by atoms with Gasteiger partial charge in [0.2, 0.25) is 29.5 Å². The summed E-state index contributed by atoms with van der Waals surface area (Å²) in [5.74, 6) is -1.44. The van der Waals surface area contributed by atoms with E-state index >= 15 is 0 Å². The third-order valence-electron chi connectivity index (χ3n) is 17.8. The van der Waals surface area contributed by atoms with Crippen molar-refractivity contribution in [1.29, 1.82) is 0 Å². The number of hydrogen-bond donors (Lipinski definition) is 17. The Labute approximate surface area is 637 Å². The lowest BCUT2D eigenvalue weighted by Gasteiger charge is -2.39. The predicted octanol–water partition coefficient (Wildman–Crippen LogP) is -6.36. The number of nitrogens with one attached hydrogen (secondary N) is 4. The molecule has 0 aromatic heterocycles. The van der Waals surface area contributed by atoms with E-state index in [1.807, 2.05) is 20.8 Å². The van der Waals surface area contributed by atoms with Gasteiger partial charge < -0.3 is 168 Å². The minimum atomic E-state index is -1.58. The third-order valence-corrected chi connectivity index (χ3v) is 17.8. The van der Waals surface area contributed by atoms with Crippen LogP contribution >= 0.6 is 0 Å². The molecule has 5 amide bonds. The average Bonchev–Trinajstić information content (AvgIpc) is 1.14. The Bertz CT molecular complexity index is 2230. The molecule has 4 saturated heterocycles. The first-order valence-corrected chi connectivity index (χ1v) is 38.0. The van der Waals surface area contributed by atoms with Gasteiger partial charge in [-0.15, -0.1) is 0 Å². The first-order chi connectivity index (χ1) is 52.3. The van der Waals surface area contributed by atoms with Gasteiger partial charge >= 0.3 is 0 Å². The van der Waals surface area contributed by atoms with Gasteiger partial charge in [-0.05, 0) is 40.0 Å². The van der Waals surface area contributed by atoms with Crippen molar-refractivity contribution in [3.8, 4) is 0 Å². The van der Waals surface area contributed by atoms with Crippen molar-refractivity contribution in [2.24, 2.45) is 0 Å². The first-order valence-electron chi connectivity index (χ1n) is 38.0. The van der Waals surface area contributed by atoms with Crippen LogP contribution in [-0.4, -0.2) is 408 Å². The summed E-state index contributed by atoms with van der Waals surface area (Å²) in [4.78, 5) is 67.8. The molecular weight excluding hydrogens is 1450 g/mol. The fourth-order valence-corrected chi connectivity index (χ4v) is 11.7. The number of aliphatic hydroxyl groups is 13. The van der Waals surface area contributed by atoms with Gasteiger partial charge in [0.1, 0.15) is 78.8 Å². The van der Waals surface area contributed by atoms with Crippen LogP contribution in [0.25, 0.3) is 0 Å². The maximum absolute atomic E-state index is 14.0. The van der Waals surface area contributed by atoms with E-state index in [4.69, 9.17) is 75.8 Å². The number of likely N-dealkylation sites (tertiary alicyclic amines) is 1. The second-order valence-corrected chi connectivity index (χ2v) is 28.0. The molecular formula is C70H129N5O34. The van der Waals surface area contributed by atoms with Crippen molar-refractivity contribution in [3.05, 3.63) is 0 Å². The first kappa shape index (κ1) is 97.6. The molecule has 4 aliphatic rings. The van der Waals surface area contributed by atoms with Crippen LogP contribution in [0.1, 0.15) is 111 Å². The van der Waals surface area contributed by atoms with Crippen LogP contribution in [0.2, 0.25) is 0 Å². The quantitative estimate of drug-likeness (QED) is 0.0252. The van der Waals surface area contributed by atoms with Gasteiger partial charge in [-0.25, -0.2) is 0 Å². The number of hydrogen-bond acceptors (Lipinski definition) is 34. The molecule has 4 aliphatic heterocycles. The number of unbranched alkanes of at least 4 members (excludes halogenated alkanes) is 7. The summed E-state index contributed by atoms with van der Waals surface area (Å²) in [6.45, 7) is 5.57. The number of amides is 5. The zero-order chi connectivity index (χ0) is 79.8. The van der Waals surface area contributed by atoms with Crippen LogP contribution in [0.3, 0.4) is 0 Å². The van der Waals surface area contributed by atoms with Crippen LogP contribution in [0.5, 0.6) is 0 Å². The van der Waals surface area contributed by atoms with Crippen molar-refractivity contribution in [3.63, 3.8) is 0 Å². The van der Waals surface area contributed by atoms with Crippen molar-refractivity contribution in [2.75, 3.05) is 191 Å². The van der Waals surface area contributed by atoms with Crippen molar-refractivity contribution < 1.29 is 166 Å². The van der Waals surface area contributed by atoms with Gasteiger partial charge in [-0.1, -0.05) is 38.5 Å². The topological polar surface area (TPSA) is 547 Å². The fraction of sp³-hybridized carbons (Fsp3) is 0.929. The molecule has 0 bridgehead atoms. The summed E-state index contributed by atoms with van der Waals surface area (Å²) in [6, 6.07) is -0.151. The highest BCUT2D eigenvalue weighted by molar-refractivity contribution is 5.78. The van der Waals surface area contributed by atoms with Crippen LogP contribution in [0, 0.1) is 0 Å². The Morgan fingerprint density at radius 1 is 0.376 bits per heavy atom.